The highest BCUT2D eigenvalue weighted by molar-refractivity contribution is 6.05. The van der Waals surface area contributed by atoms with Crippen molar-refractivity contribution in [1.82, 2.24) is 10.3 Å². The molecule has 1 heterocycles. The van der Waals surface area contributed by atoms with Crippen molar-refractivity contribution in [2.75, 3.05) is 11.9 Å². The zero-order valence-corrected chi connectivity index (χ0v) is 17.2. The maximum atomic E-state index is 12.4. The van der Waals surface area contributed by atoms with Gasteiger partial charge in [-0.15, -0.1) is 24.8 Å². The van der Waals surface area contributed by atoms with Crippen molar-refractivity contribution in [2.24, 2.45) is 11.7 Å². The van der Waals surface area contributed by atoms with Crippen molar-refractivity contribution in [3.8, 4) is 0 Å². The van der Waals surface area contributed by atoms with Gasteiger partial charge in [0.25, 0.3) is 5.91 Å². The SMILES string of the molecule is CC(N)C(C)C(=O)NCc1ccc(N(C)C(=O)c2ccncc2)cc1.Cl.Cl. The largest absolute Gasteiger partial charge is 0.352 e. The van der Waals surface area contributed by atoms with Gasteiger partial charge in [-0.1, -0.05) is 19.1 Å². The number of halogens is 2. The van der Waals surface area contributed by atoms with Gasteiger partial charge in [0.15, 0.2) is 0 Å². The summed E-state index contributed by atoms with van der Waals surface area (Å²) < 4.78 is 0. The van der Waals surface area contributed by atoms with Gasteiger partial charge in [-0.25, -0.2) is 0 Å². The fourth-order valence-corrected chi connectivity index (χ4v) is 2.23. The maximum absolute atomic E-state index is 12.4. The number of aromatic nitrogens is 1. The predicted octanol–water partition coefficient (Wildman–Crippen LogP) is 2.80. The molecular weight excluding hydrogens is 387 g/mol. The first-order chi connectivity index (χ1) is 11.9. The molecule has 3 N–H and O–H groups in total. The summed E-state index contributed by atoms with van der Waals surface area (Å²) in [6.07, 6.45) is 3.19. The van der Waals surface area contributed by atoms with Crippen LogP contribution in [0.4, 0.5) is 5.69 Å². The summed E-state index contributed by atoms with van der Waals surface area (Å²) in [5.74, 6) is -0.401. The third kappa shape index (κ3) is 6.82. The second-order valence-corrected chi connectivity index (χ2v) is 6.13. The van der Waals surface area contributed by atoms with E-state index in [0.29, 0.717) is 12.1 Å². The second-order valence-electron chi connectivity index (χ2n) is 6.13. The highest BCUT2D eigenvalue weighted by Gasteiger charge is 2.16. The van der Waals surface area contributed by atoms with Gasteiger partial charge >= 0.3 is 0 Å². The number of benzene rings is 1. The summed E-state index contributed by atoms with van der Waals surface area (Å²) in [6.45, 7) is 4.05. The van der Waals surface area contributed by atoms with Gasteiger partial charge in [0, 0.05) is 49.2 Å². The molecule has 2 amide bonds. The molecule has 2 aromatic rings. The minimum Gasteiger partial charge on any atom is -0.352 e. The van der Waals surface area contributed by atoms with Crippen molar-refractivity contribution in [3.05, 3.63) is 59.9 Å². The van der Waals surface area contributed by atoms with Gasteiger partial charge in [-0.2, -0.15) is 0 Å². The van der Waals surface area contributed by atoms with Crippen LogP contribution in [0.15, 0.2) is 48.8 Å². The van der Waals surface area contributed by atoms with E-state index in [1.54, 1.807) is 36.5 Å². The van der Waals surface area contributed by atoms with E-state index in [9.17, 15) is 9.59 Å². The van der Waals surface area contributed by atoms with Crippen LogP contribution in [0.1, 0.15) is 29.8 Å². The number of anilines is 1. The first-order valence-electron chi connectivity index (χ1n) is 8.20. The summed E-state index contributed by atoms with van der Waals surface area (Å²) in [7, 11) is 1.73. The van der Waals surface area contributed by atoms with E-state index in [4.69, 9.17) is 5.73 Å². The van der Waals surface area contributed by atoms with Crippen molar-refractivity contribution >= 4 is 42.3 Å². The summed E-state index contributed by atoms with van der Waals surface area (Å²) >= 11 is 0. The first-order valence-corrected chi connectivity index (χ1v) is 8.20. The van der Waals surface area contributed by atoms with E-state index in [1.165, 1.54) is 0 Å². The second kappa shape index (κ2) is 11.5. The number of amides is 2. The molecule has 0 saturated heterocycles. The van der Waals surface area contributed by atoms with E-state index in [1.807, 2.05) is 38.1 Å². The summed E-state index contributed by atoms with van der Waals surface area (Å²) in [4.78, 5) is 29.8. The molecule has 6 nitrogen and oxygen atoms in total. The number of carbonyl (C=O) groups excluding carboxylic acids is 2. The molecule has 0 aliphatic carbocycles. The van der Waals surface area contributed by atoms with Crippen LogP contribution in [-0.2, 0) is 11.3 Å². The number of nitrogens with one attached hydrogen (secondary N) is 1. The highest BCUT2D eigenvalue weighted by atomic mass is 35.5. The standard InChI is InChI=1S/C19H24N4O2.2ClH/c1-13(14(2)20)18(24)22-12-15-4-6-17(7-5-15)23(3)19(25)16-8-10-21-11-9-16;;/h4-11,13-14H,12,20H2,1-3H3,(H,22,24);2*1H. The van der Waals surface area contributed by atoms with E-state index < -0.39 is 0 Å². The Morgan fingerprint density at radius 3 is 2.15 bits per heavy atom. The lowest BCUT2D eigenvalue weighted by Crippen LogP contribution is -2.38. The minimum atomic E-state index is -0.233. The Morgan fingerprint density at radius 2 is 1.63 bits per heavy atom. The number of rotatable bonds is 6. The molecule has 2 atom stereocenters. The van der Waals surface area contributed by atoms with Gasteiger partial charge in [0.05, 0.1) is 0 Å². The zero-order valence-electron chi connectivity index (χ0n) is 15.6. The first kappa shape index (κ1) is 24.8. The Hall–Kier alpha value is -2.15. The van der Waals surface area contributed by atoms with Crippen molar-refractivity contribution < 1.29 is 9.59 Å². The van der Waals surface area contributed by atoms with Crippen LogP contribution in [0.25, 0.3) is 0 Å². The van der Waals surface area contributed by atoms with Crippen molar-refractivity contribution in [1.29, 1.82) is 0 Å². The molecule has 0 bridgehead atoms. The highest BCUT2D eigenvalue weighted by Crippen LogP contribution is 2.16. The summed E-state index contributed by atoms with van der Waals surface area (Å²) in [6, 6.07) is 10.7. The van der Waals surface area contributed by atoms with Crippen LogP contribution in [0.2, 0.25) is 0 Å². The molecule has 2 rings (SSSR count). The van der Waals surface area contributed by atoms with Gasteiger partial charge in [0.1, 0.15) is 0 Å². The molecule has 8 heteroatoms. The Morgan fingerprint density at radius 1 is 1.07 bits per heavy atom. The Kier molecular flexibility index (Phi) is 10.6. The molecule has 0 fully saturated rings. The third-order valence-corrected chi connectivity index (χ3v) is 4.22. The fourth-order valence-electron chi connectivity index (χ4n) is 2.23. The van der Waals surface area contributed by atoms with Gasteiger partial charge in [-0.3, -0.25) is 14.6 Å². The molecule has 0 aliphatic heterocycles. The average molecular weight is 413 g/mol. The molecule has 0 saturated carbocycles. The lowest BCUT2D eigenvalue weighted by atomic mass is 10.0. The number of pyridine rings is 1. The van der Waals surface area contributed by atoms with Gasteiger partial charge in [0.2, 0.25) is 5.91 Å². The van der Waals surface area contributed by atoms with Crippen LogP contribution < -0.4 is 16.0 Å². The molecular formula is C19H26Cl2N4O2. The number of carbonyl (C=O) groups is 2. The van der Waals surface area contributed by atoms with E-state index in [2.05, 4.69) is 10.3 Å². The van der Waals surface area contributed by atoms with Crippen LogP contribution in [0.5, 0.6) is 0 Å². The molecule has 0 aliphatic rings. The minimum absolute atomic E-state index is 0. The third-order valence-electron chi connectivity index (χ3n) is 4.22. The van der Waals surface area contributed by atoms with E-state index in [0.717, 1.165) is 11.3 Å². The molecule has 0 radical (unpaired) electrons. The lowest BCUT2D eigenvalue weighted by molar-refractivity contribution is -0.125. The van der Waals surface area contributed by atoms with Gasteiger partial charge < -0.3 is 16.0 Å². The lowest BCUT2D eigenvalue weighted by Gasteiger charge is -2.18. The molecule has 1 aromatic carbocycles. The molecule has 1 aromatic heterocycles. The number of hydrogen-bond donors (Lipinski definition) is 2. The summed E-state index contributed by atoms with van der Waals surface area (Å²) in [5, 5.41) is 2.87. The smallest absolute Gasteiger partial charge is 0.258 e. The Bertz CT molecular complexity index is 724. The molecule has 148 valence electrons. The molecule has 27 heavy (non-hydrogen) atoms. The van der Waals surface area contributed by atoms with Crippen LogP contribution >= 0.6 is 24.8 Å². The van der Waals surface area contributed by atoms with Crippen molar-refractivity contribution in [2.45, 2.75) is 26.4 Å². The van der Waals surface area contributed by atoms with Crippen LogP contribution in [0, 0.1) is 5.92 Å². The zero-order chi connectivity index (χ0) is 18.4. The number of nitrogens with zero attached hydrogens (tertiary/aromatic N) is 2. The average Bonchev–Trinajstić information content (AvgIpc) is 2.65. The number of nitrogens with two attached hydrogens (primary N) is 1. The van der Waals surface area contributed by atoms with Gasteiger partial charge in [-0.05, 0) is 36.8 Å². The monoisotopic (exact) mass is 412 g/mol. The van der Waals surface area contributed by atoms with Crippen LogP contribution in [-0.4, -0.2) is 29.9 Å². The quantitative estimate of drug-likeness (QED) is 0.762. The fraction of sp³-hybridized carbons (Fsp3) is 0.316. The Labute approximate surface area is 172 Å². The van der Waals surface area contributed by atoms with Crippen molar-refractivity contribution in [3.63, 3.8) is 0 Å². The molecule has 0 spiro atoms. The predicted molar refractivity (Wildman–Crippen MR) is 113 cm³/mol. The topological polar surface area (TPSA) is 88.3 Å². The Balaban J connectivity index is 0.00000338. The maximum Gasteiger partial charge on any atom is 0.258 e. The summed E-state index contributed by atoms with van der Waals surface area (Å²) in [5.41, 5.74) is 8.05. The van der Waals surface area contributed by atoms with E-state index >= 15 is 0 Å². The van der Waals surface area contributed by atoms with E-state index in [-0.39, 0.29) is 48.6 Å². The molecule has 2 unspecified atom stereocenters. The van der Waals surface area contributed by atoms with Crippen LogP contribution in [0.3, 0.4) is 0 Å². The normalized spacial score (nSPS) is 12.0. The number of hydrogen-bond acceptors (Lipinski definition) is 4.